The van der Waals surface area contributed by atoms with Crippen LogP contribution in [0.25, 0.3) is 5.69 Å². The molecule has 0 aliphatic carbocycles. The molecule has 25 heavy (non-hydrogen) atoms. The minimum Gasteiger partial charge on any atom is -0.449 e. The average molecular weight is 356 g/mol. The van der Waals surface area contributed by atoms with Gasteiger partial charge in [-0.3, -0.25) is 9.89 Å². The maximum Gasteiger partial charge on any atom is 0.435 e. The van der Waals surface area contributed by atoms with E-state index in [-0.39, 0.29) is 12.3 Å². The summed E-state index contributed by atoms with van der Waals surface area (Å²) in [6.07, 6.45) is -6.11. The number of rotatable bonds is 4. The van der Waals surface area contributed by atoms with Gasteiger partial charge in [0.05, 0.1) is 17.9 Å². The molecule has 0 aliphatic rings. The van der Waals surface area contributed by atoms with Crippen LogP contribution in [-0.2, 0) is 4.74 Å². The van der Waals surface area contributed by atoms with Gasteiger partial charge in [0.2, 0.25) is 0 Å². The number of amides is 1. The largest absolute Gasteiger partial charge is 0.449 e. The molecule has 0 aliphatic heterocycles. The second kappa shape index (κ2) is 7.24. The zero-order valence-electron chi connectivity index (χ0n) is 13.3. The molecule has 7 nitrogen and oxygen atoms in total. The summed E-state index contributed by atoms with van der Waals surface area (Å²) >= 11 is 0. The van der Waals surface area contributed by atoms with Gasteiger partial charge in [0.25, 0.3) is 5.56 Å². The van der Waals surface area contributed by atoms with Gasteiger partial charge >= 0.3 is 12.3 Å². The Morgan fingerprint density at radius 1 is 1.32 bits per heavy atom. The molecule has 2 rings (SSSR count). The number of nitrogens with zero attached hydrogens (tertiary/aromatic N) is 2. The number of hydrogen-bond donors (Lipinski definition) is 2. The first-order chi connectivity index (χ1) is 11.8. The number of carbonyl (C=O) groups is 1. The Balaban J connectivity index is 2.52. The monoisotopic (exact) mass is 356 g/mol. The van der Waals surface area contributed by atoms with Crippen LogP contribution in [0.1, 0.15) is 18.2 Å². The van der Waals surface area contributed by atoms with E-state index in [4.69, 9.17) is 0 Å². The van der Waals surface area contributed by atoms with E-state index in [2.05, 4.69) is 14.9 Å². The number of aromatic amines is 1. The van der Waals surface area contributed by atoms with Crippen LogP contribution >= 0.6 is 0 Å². The van der Waals surface area contributed by atoms with Crippen molar-refractivity contribution in [3.63, 3.8) is 0 Å². The van der Waals surface area contributed by atoms with Crippen molar-refractivity contribution in [1.29, 1.82) is 0 Å². The molecule has 0 atom stereocenters. The van der Waals surface area contributed by atoms with Crippen molar-refractivity contribution < 1.29 is 22.7 Å². The summed E-state index contributed by atoms with van der Waals surface area (Å²) in [4.78, 5) is 23.7. The SMILES string of the molecule is CCOC(=O)NN=C(c1c(C)[nH]n(-c2ccccc2)c1=O)C(F)(F)F. The summed E-state index contributed by atoms with van der Waals surface area (Å²) in [5, 5.41) is 5.62. The number of halogens is 3. The molecule has 1 heterocycles. The fraction of sp³-hybridized carbons (Fsp3) is 0.267. The highest BCUT2D eigenvalue weighted by molar-refractivity contribution is 6.05. The summed E-state index contributed by atoms with van der Waals surface area (Å²) in [6.45, 7) is 2.76. The number of para-hydroxylation sites is 1. The van der Waals surface area contributed by atoms with E-state index in [0.717, 1.165) is 4.68 Å². The Hall–Kier alpha value is -3.04. The van der Waals surface area contributed by atoms with Crippen LogP contribution in [0.15, 0.2) is 40.2 Å². The van der Waals surface area contributed by atoms with Gasteiger partial charge < -0.3 is 4.74 Å². The van der Waals surface area contributed by atoms with E-state index in [1.54, 1.807) is 35.8 Å². The van der Waals surface area contributed by atoms with Crippen molar-refractivity contribution in [2.45, 2.75) is 20.0 Å². The van der Waals surface area contributed by atoms with Crippen molar-refractivity contribution in [1.82, 2.24) is 15.2 Å². The van der Waals surface area contributed by atoms with Crippen molar-refractivity contribution in [3.8, 4) is 5.69 Å². The number of hydrogen-bond acceptors (Lipinski definition) is 4. The molecule has 0 fully saturated rings. The van der Waals surface area contributed by atoms with E-state index in [0.29, 0.717) is 5.69 Å². The quantitative estimate of drug-likeness (QED) is 0.652. The lowest BCUT2D eigenvalue weighted by atomic mass is 10.1. The highest BCUT2D eigenvalue weighted by Crippen LogP contribution is 2.22. The fourth-order valence-electron chi connectivity index (χ4n) is 2.11. The summed E-state index contributed by atoms with van der Waals surface area (Å²) in [5.74, 6) is 0. The summed E-state index contributed by atoms with van der Waals surface area (Å²) in [6, 6.07) is 8.10. The van der Waals surface area contributed by atoms with E-state index in [1.807, 2.05) is 0 Å². The molecule has 2 N–H and O–H groups in total. The van der Waals surface area contributed by atoms with Crippen LogP contribution < -0.4 is 11.0 Å². The molecule has 0 saturated heterocycles. The van der Waals surface area contributed by atoms with Crippen molar-refractivity contribution in [2.75, 3.05) is 6.61 Å². The van der Waals surface area contributed by atoms with Gasteiger partial charge in [-0.2, -0.15) is 18.3 Å². The topological polar surface area (TPSA) is 88.5 Å². The highest BCUT2D eigenvalue weighted by Gasteiger charge is 2.41. The maximum atomic E-state index is 13.3. The van der Waals surface area contributed by atoms with Gasteiger partial charge in [0, 0.05) is 5.69 Å². The molecular formula is C15H15F3N4O3. The summed E-state index contributed by atoms with van der Waals surface area (Å²) in [7, 11) is 0. The van der Waals surface area contributed by atoms with Gasteiger partial charge in [-0.1, -0.05) is 18.2 Å². The normalized spacial score (nSPS) is 12.1. The van der Waals surface area contributed by atoms with Crippen LogP contribution in [-0.4, -0.2) is 34.4 Å². The molecule has 0 bridgehead atoms. The third kappa shape index (κ3) is 4.08. The second-order valence-corrected chi connectivity index (χ2v) is 4.88. The Morgan fingerprint density at radius 2 is 1.96 bits per heavy atom. The smallest absolute Gasteiger partial charge is 0.435 e. The molecule has 0 unspecified atom stereocenters. The minimum atomic E-state index is -4.96. The van der Waals surface area contributed by atoms with Crippen LogP contribution in [0.3, 0.4) is 0 Å². The van der Waals surface area contributed by atoms with Gasteiger partial charge in [-0.25, -0.2) is 14.9 Å². The van der Waals surface area contributed by atoms with Crippen LogP contribution in [0.2, 0.25) is 0 Å². The van der Waals surface area contributed by atoms with Crippen LogP contribution in [0, 0.1) is 6.92 Å². The Morgan fingerprint density at radius 3 is 2.52 bits per heavy atom. The predicted octanol–water partition coefficient (Wildman–Crippen LogP) is 2.49. The number of aromatic nitrogens is 2. The number of carbonyl (C=O) groups excluding carboxylic acids is 1. The molecule has 1 amide bonds. The maximum absolute atomic E-state index is 13.3. The van der Waals surface area contributed by atoms with E-state index < -0.39 is 29.1 Å². The van der Waals surface area contributed by atoms with Crippen LogP contribution in [0.5, 0.6) is 0 Å². The molecular weight excluding hydrogens is 341 g/mol. The number of benzene rings is 1. The highest BCUT2D eigenvalue weighted by atomic mass is 19.4. The molecule has 0 spiro atoms. The number of ether oxygens (including phenoxy) is 1. The second-order valence-electron chi connectivity index (χ2n) is 4.88. The average Bonchev–Trinajstić information content (AvgIpc) is 2.83. The Kier molecular flexibility index (Phi) is 5.30. The predicted molar refractivity (Wildman–Crippen MR) is 83.9 cm³/mol. The summed E-state index contributed by atoms with van der Waals surface area (Å²) in [5.41, 5.74) is -1.19. The fourth-order valence-corrected chi connectivity index (χ4v) is 2.11. The molecule has 0 radical (unpaired) electrons. The Labute approximate surface area is 140 Å². The molecule has 2 aromatic rings. The minimum absolute atomic E-state index is 0.0350. The molecule has 134 valence electrons. The van der Waals surface area contributed by atoms with Crippen molar-refractivity contribution >= 4 is 11.8 Å². The third-order valence-corrected chi connectivity index (χ3v) is 3.13. The first-order valence-electron chi connectivity index (χ1n) is 7.20. The number of H-pyrrole nitrogens is 1. The number of aryl methyl sites for hydroxylation is 1. The zero-order valence-corrected chi connectivity index (χ0v) is 13.3. The van der Waals surface area contributed by atoms with Gasteiger partial charge in [-0.05, 0) is 26.0 Å². The van der Waals surface area contributed by atoms with Crippen LogP contribution in [0.4, 0.5) is 18.0 Å². The first kappa shape index (κ1) is 18.3. The van der Waals surface area contributed by atoms with E-state index >= 15 is 0 Å². The number of nitrogens with one attached hydrogen (secondary N) is 2. The van der Waals surface area contributed by atoms with Gasteiger partial charge in [-0.15, -0.1) is 0 Å². The molecule has 0 saturated carbocycles. The van der Waals surface area contributed by atoms with E-state index in [9.17, 15) is 22.8 Å². The molecule has 1 aromatic heterocycles. The number of hydrazone groups is 1. The number of alkyl halides is 3. The van der Waals surface area contributed by atoms with Gasteiger partial charge in [0.1, 0.15) is 0 Å². The third-order valence-electron chi connectivity index (χ3n) is 3.13. The van der Waals surface area contributed by atoms with Gasteiger partial charge in [0.15, 0.2) is 5.71 Å². The standard InChI is InChI=1S/C15H15F3N4O3/c1-3-25-14(24)20-19-12(15(16,17)18)11-9(2)21-22(13(11)23)10-7-5-4-6-8-10/h4-8,21H,3H2,1-2H3,(H,20,24). The van der Waals surface area contributed by atoms with E-state index in [1.165, 1.54) is 13.8 Å². The lowest BCUT2D eigenvalue weighted by molar-refractivity contribution is -0.0585. The van der Waals surface area contributed by atoms with Crippen molar-refractivity contribution in [3.05, 3.63) is 51.9 Å². The zero-order chi connectivity index (χ0) is 18.6. The molecule has 10 heteroatoms. The lowest BCUT2D eigenvalue weighted by Gasteiger charge is -2.09. The Bertz CT molecular complexity index is 838. The first-order valence-corrected chi connectivity index (χ1v) is 7.20. The lowest BCUT2D eigenvalue weighted by Crippen LogP contribution is -2.33. The molecule has 1 aromatic carbocycles. The van der Waals surface area contributed by atoms with Crippen molar-refractivity contribution in [2.24, 2.45) is 5.10 Å². The summed E-state index contributed by atoms with van der Waals surface area (Å²) < 4.78 is 45.4.